The van der Waals surface area contributed by atoms with Gasteiger partial charge in [-0.25, -0.2) is 18.2 Å². The monoisotopic (exact) mass is 257 g/mol. The molecule has 0 aromatic carbocycles. The molecule has 94 valence electrons. The van der Waals surface area contributed by atoms with Gasteiger partial charge < -0.3 is 5.11 Å². The molecule has 5 nitrogen and oxygen atoms in total. The Morgan fingerprint density at radius 1 is 1.47 bits per heavy atom. The van der Waals surface area contributed by atoms with Crippen LogP contribution in [0.2, 0.25) is 0 Å². The third kappa shape index (κ3) is 4.14. The maximum absolute atomic E-state index is 11.7. The predicted molar refractivity (Wildman–Crippen MR) is 63.6 cm³/mol. The van der Waals surface area contributed by atoms with E-state index in [4.69, 9.17) is 5.11 Å². The number of aromatic nitrogens is 1. The van der Waals surface area contributed by atoms with Crippen LogP contribution in [0.3, 0.4) is 0 Å². The number of aromatic carboxylic acids is 1. The third-order valence-corrected chi connectivity index (χ3v) is 3.94. The topological polar surface area (TPSA) is 84.3 Å². The lowest BCUT2D eigenvalue weighted by molar-refractivity contribution is 0.0689. The molecule has 1 aromatic heterocycles. The van der Waals surface area contributed by atoms with Crippen molar-refractivity contribution in [1.29, 1.82) is 0 Å². The van der Waals surface area contributed by atoms with Crippen molar-refractivity contribution in [3.63, 3.8) is 0 Å². The molecule has 0 aliphatic heterocycles. The lowest BCUT2D eigenvalue weighted by Gasteiger charge is -2.05. The zero-order chi connectivity index (χ0) is 12.9. The first kappa shape index (κ1) is 13.6. The summed E-state index contributed by atoms with van der Waals surface area (Å²) in [5, 5.41) is 8.88. The van der Waals surface area contributed by atoms with Crippen LogP contribution in [0.15, 0.2) is 18.3 Å². The maximum atomic E-state index is 11.7. The van der Waals surface area contributed by atoms with Gasteiger partial charge in [-0.3, -0.25) is 0 Å². The molecule has 0 atom stereocenters. The largest absolute Gasteiger partial charge is 0.477 e. The van der Waals surface area contributed by atoms with Crippen LogP contribution in [0.25, 0.3) is 0 Å². The van der Waals surface area contributed by atoms with Gasteiger partial charge in [0.1, 0.15) is 0 Å². The summed E-state index contributed by atoms with van der Waals surface area (Å²) >= 11 is 0. The van der Waals surface area contributed by atoms with Crippen molar-refractivity contribution >= 4 is 15.8 Å². The number of pyridine rings is 1. The summed E-state index contributed by atoms with van der Waals surface area (Å²) in [6.45, 7) is 1.91. The first-order chi connectivity index (χ1) is 7.96. The van der Waals surface area contributed by atoms with Crippen molar-refractivity contribution in [2.75, 3.05) is 5.75 Å². The molecule has 0 aliphatic rings. The van der Waals surface area contributed by atoms with Crippen molar-refractivity contribution in [2.24, 2.45) is 0 Å². The van der Waals surface area contributed by atoms with Gasteiger partial charge in [-0.05, 0) is 12.5 Å². The SMILES string of the molecule is CCCCS(=O)(=O)Cc1cccnc1C(=O)O. The van der Waals surface area contributed by atoms with Crippen molar-refractivity contribution in [3.05, 3.63) is 29.6 Å². The van der Waals surface area contributed by atoms with E-state index in [9.17, 15) is 13.2 Å². The average molecular weight is 257 g/mol. The number of hydrogen-bond donors (Lipinski definition) is 1. The van der Waals surface area contributed by atoms with Gasteiger partial charge in [0.15, 0.2) is 15.5 Å². The van der Waals surface area contributed by atoms with Crippen LogP contribution in [0.1, 0.15) is 35.8 Å². The van der Waals surface area contributed by atoms with Gasteiger partial charge in [-0.2, -0.15) is 0 Å². The molecular weight excluding hydrogens is 242 g/mol. The summed E-state index contributed by atoms with van der Waals surface area (Å²) in [4.78, 5) is 14.5. The number of rotatable bonds is 6. The van der Waals surface area contributed by atoms with E-state index in [2.05, 4.69) is 4.98 Å². The zero-order valence-electron chi connectivity index (χ0n) is 9.59. The summed E-state index contributed by atoms with van der Waals surface area (Å²) in [5.41, 5.74) is 0.0590. The summed E-state index contributed by atoms with van der Waals surface area (Å²) in [5.74, 6) is -1.38. The van der Waals surface area contributed by atoms with Crippen molar-refractivity contribution < 1.29 is 18.3 Å². The van der Waals surface area contributed by atoms with E-state index in [0.717, 1.165) is 6.42 Å². The Balaban J connectivity index is 2.92. The average Bonchev–Trinajstić information content (AvgIpc) is 2.26. The highest BCUT2D eigenvalue weighted by Crippen LogP contribution is 2.12. The van der Waals surface area contributed by atoms with Gasteiger partial charge in [-0.15, -0.1) is 0 Å². The molecule has 0 fully saturated rings. The number of nitrogens with zero attached hydrogens (tertiary/aromatic N) is 1. The second-order valence-electron chi connectivity index (χ2n) is 3.76. The lowest BCUT2D eigenvalue weighted by Crippen LogP contribution is -2.13. The first-order valence-corrected chi connectivity index (χ1v) is 7.16. The molecule has 0 bridgehead atoms. The fourth-order valence-corrected chi connectivity index (χ4v) is 3.00. The Morgan fingerprint density at radius 2 is 2.18 bits per heavy atom. The maximum Gasteiger partial charge on any atom is 0.354 e. The van der Waals surface area contributed by atoms with Gasteiger partial charge in [0, 0.05) is 11.8 Å². The van der Waals surface area contributed by atoms with Gasteiger partial charge in [-0.1, -0.05) is 19.4 Å². The molecule has 17 heavy (non-hydrogen) atoms. The molecule has 0 aliphatic carbocycles. The summed E-state index contributed by atoms with van der Waals surface area (Å²) in [6, 6.07) is 3.02. The van der Waals surface area contributed by atoms with Crippen LogP contribution in [0.5, 0.6) is 0 Å². The van der Waals surface area contributed by atoms with Crippen molar-refractivity contribution in [2.45, 2.75) is 25.5 Å². The quantitative estimate of drug-likeness (QED) is 0.834. The van der Waals surface area contributed by atoms with Crippen LogP contribution >= 0.6 is 0 Å². The molecule has 1 aromatic rings. The van der Waals surface area contributed by atoms with E-state index in [1.54, 1.807) is 0 Å². The molecule has 0 radical (unpaired) electrons. The molecule has 0 unspecified atom stereocenters. The Bertz CT molecular complexity index is 496. The summed E-state index contributed by atoms with van der Waals surface area (Å²) < 4.78 is 23.4. The van der Waals surface area contributed by atoms with Crippen LogP contribution in [0, 0.1) is 0 Å². The minimum Gasteiger partial charge on any atom is -0.477 e. The lowest BCUT2D eigenvalue weighted by atomic mass is 10.2. The minimum absolute atomic E-state index is 0.0808. The Kier molecular flexibility index (Phi) is 4.62. The molecule has 6 heteroatoms. The zero-order valence-corrected chi connectivity index (χ0v) is 10.4. The predicted octanol–water partition coefficient (Wildman–Crippen LogP) is 1.49. The van der Waals surface area contributed by atoms with E-state index in [0.29, 0.717) is 6.42 Å². The van der Waals surface area contributed by atoms with Gasteiger partial charge in [0.2, 0.25) is 0 Å². The molecule has 0 saturated carbocycles. The van der Waals surface area contributed by atoms with E-state index in [1.165, 1.54) is 18.3 Å². The molecule has 1 heterocycles. The number of unbranched alkanes of at least 4 members (excludes halogenated alkanes) is 1. The van der Waals surface area contributed by atoms with E-state index in [-0.39, 0.29) is 22.8 Å². The molecule has 0 amide bonds. The number of carboxylic acids is 1. The van der Waals surface area contributed by atoms with E-state index in [1.807, 2.05) is 6.92 Å². The minimum atomic E-state index is -3.26. The van der Waals surface area contributed by atoms with Gasteiger partial charge >= 0.3 is 5.97 Å². The molecular formula is C11H15NO4S. The summed E-state index contributed by atoms with van der Waals surface area (Å²) in [7, 11) is -3.26. The van der Waals surface area contributed by atoms with Crippen LogP contribution < -0.4 is 0 Å². The second-order valence-corrected chi connectivity index (χ2v) is 5.95. The highest BCUT2D eigenvalue weighted by atomic mass is 32.2. The number of carbonyl (C=O) groups is 1. The summed E-state index contributed by atoms with van der Waals surface area (Å²) in [6.07, 6.45) is 2.72. The second kappa shape index (κ2) is 5.77. The Labute approximate surface area is 100 Å². The third-order valence-electron chi connectivity index (χ3n) is 2.28. The van der Waals surface area contributed by atoms with Crippen LogP contribution in [-0.2, 0) is 15.6 Å². The van der Waals surface area contributed by atoms with Crippen LogP contribution in [-0.4, -0.2) is 30.2 Å². The van der Waals surface area contributed by atoms with Gasteiger partial charge in [0.05, 0.1) is 11.5 Å². The standard InChI is InChI=1S/C11H15NO4S/c1-2-3-7-17(15,16)8-9-5-4-6-12-10(9)11(13)14/h4-6H,2-3,7-8H2,1H3,(H,13,14). The fraction of sp³-hybridized carbons (Fsp3) is 0.455. The fourth-order valence-electron chi connectivity index (χ4n) is 1.42. The van der Waals surface area contributed by atoms with E-state index < -0.39 is 15.8 Å². The Morgan fingerprint density at radius 3 is 2.76 bits per heavy atom. The van der Waals surface area contributed by atoms with Crippen LogP contribution in [0.4, 0.5) is 0 Å². The smallest absolute Gasteiger partial charge is 0.354 e. The highest BCUT2D eigenvalue weighted by Gasteiger charge is 2.17. The number of carboxylic acid groups (broad SMARTS) is 1. The van der Waals surface area contributed by atoms with Crippen molar-refractivity contribution in [3.8, 4) is 0 Å². The Hall–Kier alpha value is -1.43. The highest BCUT2D eigenvalue weighted by molar-refractivity contribution is 7.90. The molecule has 0 spiro atoms. The number of sulfone groups is 1. The molecule has 1 rings (SSSR count). The normalized spacial score (nSPS) is 11.4. The first-order valence-electron chi connectivity index (χ1n) is 5.34. The molecule has 0 saturated heterocycles. The number of hydrogen-bond acceptors (Lipinski definition) is 4. The molecule has 1 N–H and O–H groups in total. The van der Waals surface area contributed by atoms with Gasteiger partial charge in [0.25, 0.3) is 0 Å². The van der Waals surface area contributed by atoms with E-state index >= 15 is 0 Å². The van der Waals surface area contributed by atoms with Crippen molar-refractivity contribution in [1.82, 2.24) is 4.98 Å².